The van der Waals surface area contributed by atoms with Gasteiger partial charge in [-0.2, -0.15) is 0 Å². The second-order valence-corrected chi connectivity index (χ2v) is 6.18. The van der Waals surface area contributed by atoms with Crippen LogP contribution in [-0.2, 0) is 9.59 Å². The van der Waals surface area contributed by atoms with Crippen molar-refractivity contribution in [3.05, 3.63) is 82.4 Å². The van der Waals surface area contributed by atoms with Crippen LogP contribution >= 0.6 is 0 Å². The Bertz CT molecular complexity index is 1200. The zero-order valence-corrected chi connectivity index (χ0v) is 15.1. The van der Waals surface area contributed by atoms with Crippen molar-refractivity contribution in [3.8, 4) is 11.3 Å². The van der Waals surface area contributed by atoms with Crippen molar-refractivity contribution in [1.29, 1.82) is 0 Å². The zero-order chi connectivity index (χ0) is 21.3. The predicted molar refractivity (Wildman–Crippen MR) is 104 cm³/mol. The number of rotatable bonds is 4. The van der Waals surface area contributed by atoms with Gasteiger partial charge in [0.1, 0.15) is 17.1 Å². The van der Waals surface area contributed by atoms with Crippen molar-refractivity contribution in [2.45, 2.75) is 0 Å². The van der Waals surface area contributed by atoms with Crippen molar-refractivity contribution in [1.82, 2.24) is 10.3 Å². The molecular weight excluding hydrogens is 392 g/mol. The van der Waals surface area contributed by atoms with Crippen molar-refractivity contribution in [2.24, 2.45) is 0 Å². The maximum atomic E-state index is 12.8. The van der Waals surface area contributed by atoms with Gasteiger partial charge in [-0.3, -0.25) is 30.0 Å². The van der Waals surface area contributed by atoms with Gasteiger partial charge in [-0.1, -0.05) is 0 Å². The average Bonchev–Trinajstić information content (AvgIpc) is 3.20. The van der Waals surface area contributed by atoms with Gasteiger partial charge in [-0.25, -0.2) is 9.69 Å². The summed E-state index contributed by atoms with van der Waals surface area (Å²) >= 11 is 0. The number of barbiturate groups is 1. The molecule has 1 aliphatic heterocycles. The van der Waals surface area contributed by atoms with Crippen LogP contribution in [0.15, 0.2) is 70.9 Å². The van der Waals surface area contributed by atoms with Gasteiger partial charge >= 0.3 is 6.03 Å². The van der Waals surface area contributed by atoms with E-state index in [9.17, 15) is 24.5 Å². The highest BCUT2D eigenvalue weighted by molar-refractivity contribution is 6.39. The number of nitro groups is 1. The topological polar surface area (TPSA) is 136 Å². The fraction of sp³-hybridized carbons (Fsp3) is 0. The third kappa shape index (κ3) is 3.44. The molecule has 3 heterocycles. The van der Waals surface area contributed by atoms with Crippen molar-refractivity contribution in [3.63, 3.8) is 0 Å². The Hall–Kier alpha value is -4.60. The Labute approximate surface area is 168 Å². The second kappa shape index (κ2) is 7.43. The summed E-state index contributed by atoms with van der Waals surface area (Å²) in [5.41, 5.74) is 0.446. The van der Waals surface area contributed by atoms with Gasteiger partial charge < -0.3 is 4.42 Å². The van der Waals surface area contributed by atoms with E-state index < -0.39 is 22.8 Å². The number of hydrogen-bond donors (Lipinski definition) is 1. The Morgan fingerprint density at radius 2 is 1.83 bits per heavy atom. The quantitative estimate of drug-likeness (QED) is 0.306. The molecule has 0 bridgehead atoms. The van der Waals surface area contributed by atoms with E-state index in [1.807, 2.05) is 0 Å². The highest BCUT2D eigenvalue weighted by atomic mass is 16.6. The predicted octanol–water partition coefficient (Wildman–Crippen LogP) is 2.92. The molecule has 2 aromatic heterocycles. The van der Waals surface area contributed by atoms with Gasteiger partial charge in [0.15, 0.2) is 0 Å². The number of nitrogens with one attached hydrogen (secondary N) is 1. The lowest BCUT2D eigenvalue weighted by Crippen LogP contribution is -2.54. The number of benzene rings is 1. The molecule has 148 valence electrons. The fourth-order valence-electron chi connectivity index (χ4n) is 2.85. The van der Waals surface area contributed by atoms with Gasteiger partial charge in [0, 0.05) is 23.9 Å². The monoisotopic (exact) mass is 404 g/mol. The molecule has 1 aromatic carbocycles. The Kier molecular flexibility index (Phi) is 4.64. The van der Waals surface area contributed by atoms with Gasteiger partial charge in [0.05, 0.1) is 16.8 Å². The van der Waals surface area contributed by atoms with E-state index >= 15 is 0 Å². The number of non-ortho nitro benzene ring substituents is 1. The maximum Gasteiger partial charge on any atom is 0.336 e. The summed E-state index contributed by atoms with van der Waals surface area (Å²) < 4.78 is 5.64. The molecular formula is C20H12N4O6. The molecule has 10 heteroatoms. The molecule has 10 nitrogen and oxygen atoms in total. The minimum absolute atomic E-state index is 0.0581. The van der Waals surface area contributed by atoms with Crippen LogP contribution in [0.1, 0.15) is 5.76 Å². The van der Waals surface area contributed by atoms with E-state index in [1.165, 1.54) is 54.9 Å². The molecule has 0 radical (unpaired) electrons. The van der Waals surface area contributed by atoms with Crippen LogP contribution in [0.2, 0.25) is 0 Å². The number of amides is 4. The molecule has 1 saturated heterocycles. The molecule has 30 heavy (non-hydrogen) atoms. The minimum atomic E-state index is -0.874. The van der Waals surface area contributed by atoms with E-state index in [-0.39, 0.29) is 22.7 Å². The lowest BCUT2D eigenvalue weighted by molar-refractivity contribution is -0.384. The van der Waals surface area contributed by atoms with Crippen LogP contribution in [0, 0.1) is 10.1 Å². The summed E-state index contributed by atoms with van der Waals surface area (Å²) in [5.74, 6) is -1.08. The summed E-state index contributed by atoms with van der Waals surface area (Å²) in [6, 6.07) is 11.1. The number of hydrogen-bond acceptors (Lipinski definition) is 7. The number of nitro benzene ring substituents is 1. The van der Waals surface area contributed by atoms with E-state index in [0.29, 0.717) is 11.3 Å². The first-order valence-electron chi connectivity index (χ1n) is 8.60. The summed E-state index contributed by atoms with van der Waals surface area (Å²) in [6.07, 6.45) is 4.03. The average molecular weight is 404 g/mol. The number of anilines is 1. The number of aromatic nitrogens is 1. The molecule has 0 aliphatic carbocycles. The first kappa shape index (κ1) is 18.7. The normalized spacial score (nSPS) is 15.4. The molecule has 0 saturated carbocycles. The lowest BCUT2D eigenvalue weighted by atomic mass is 10.1. The van der Waals surface area contributed by atoms with Crippen LogP contribution in [0.5, 0.6) is 0 Å². The molecule has 0 spiro atoms. The summed E-state index contributed by atoms with van der Waals surface area (Å²) in [6.45, 7) is 0. The number of furan rings is 1. The molecule has 1 N–H and O–H groups in total. The van der Waals surface area contributed by atoms with Crippen LogP contribution in [0.25, 0.3) is 17.4 Å². The Morgan fingerprint density at radius 1 is 1.07 bits per heavy atom. The molecule has 3 aromatic rings. The second-order valence-electron chi connectivity index (χ2n) is 6.18. The number of carbonyl (C=O) groups is 3. The van der Waals surface area contributed by atoms with Crippen LogP contribution in [-0.4, -0.2) is 27.8 Å². The Morgan fingerprint density at radius 3 is 2.50 bits per heavy atom. The third-order valence-corrected chi connectivity index (χ3v) is 4.28. The van der Waals surface area contributed by atoms with Gasteiger partial charge in [0.25, 0.3) is 17.5 Å². The van der Waals surface area contributed by atoms with Crippen LogP contribution in [0.3, 0.4) is 0 Å². The minimum Gasteiger partial charge on any atom is -0.457 e. The number of carbonyl (C=O) groups excluding carboxylic acids is 3. The smallest absolute Gasteiger partial charge is 0.336 e. The zero-order valence-electron chi connectivity index (χ0n) is 15.1. The highest BCUT2D eigenvalue weighted by Crippen LogP contribution is 2.27. The van der Waals surface area contributed by atoms with Crippen molar-refractivity contribution >= 4 is 35.3 Å². The van der Waals surface area contributed by atoms with Crippen molar-refractivity contribution < 1.29 is 23.7 Å². The molecule has 0 unspecified atom stereocenters. The molecule has 4 rings (SSSR count). The maximum absolute atomic E-state index is 12.8. The number of imide groups is 2. The Balaban J connectivity index is 1.64. The third-order valence-electron chi connectivity index (χ3n) is 4.28. The standard InChI is InChI=1S/C20H12N4O6/c25-18-16(19(26)23(20(27)22-18)14-2-1-9-21-11-14)10-15-7-8-17(30-15)12-3-5-13(6-4-12)24(28)29/h1-11H,(H,22,25,27)/b16-10-. The van der Waals surface area contributed by atoms with Gasteiger partial charge in [-0.05, 0) is 42.5 Å². The highest BCUT2D eigenvalue weighted by Gasteiger charge is 2.37. The van der Waals surface area contributed by atoms with E-state index in [1.54, 1.807) is 12.1 Å². The molecule has 1 fully saturated rings. The van der Waals surface area contributed by atoms with Crippen LogP contribution in [0.4, 0.5) is 16.2 Å². The first-order chi connectivity index (χ1) is 14.4. The van der Waals surface area contributed by atoms with Crippen molar-refractivity contribution in [2.75, 3.05) is 4.90 Å². The van der Waals surface area contributed by atoms with Gasteiger partial charge in [-0.15, -0.1) is 0 Å². The lowest BCUT2D eigenvalue weighted by Gasteiger charge is -2.25. The molecule has 0 atom stereocenters. The van der Waals surface area contributed by atoms with E-state index in [4.69, 9.17) is 4.42 Å². The summed E-state index contributed by atoms with van der Waals surface area (Å²) in [7, 11) is 0. The summed E-state index contributed by atoms with van der Waals surface area (Å²) in [5, 5.41) is 12.9. The number of pyridine rings is 1. The van der Waals surface area contributed by atoms with E-state index in [2.05, 4.69) is 10.3 Å². The van der Waals surface area contributed by atoms with Crippen LogP contribution < -0.4 is 10.2 Å². The first-order valence-corrected chi connectivity index (χ1v) is 8.60. The number of nitrogens with zero attached hydrogens (tertiary/aromatic N) is 3. The SMILES string of the molecule is O=C1NC(=O)N(c2cccnc2)C(=O)/C1=C\c1ccc(-c2ccc([N+](=O)[O-])cc2)o1. The summed E-state index contributed by atoms with van der Waals surface area (Å²) in [4.78, 5) is 52.0. The van der Waals surface area contributed by atoms with E-state index in [0.717, 1.165) is 4.90 Å². The molecule has 4 amide bonds. The van der Waals surface area contributed by atoms with Gasteiger partial charge in [0.2, 0.25) is 0 Å². The number of urea groups is 1. The fourth-order valence-corrected chi connectivity index (χ4v) is 2.85. The largest absolute Gasteiger partial charge is 0.457 e. The molecule has 1 aliphatic rings.